The quantitative estimate of drug-likeness (QED) is 0.750. The number of likely N-dealkylation sites (N-methyl/N-ethyl adjacent to an activating group) is 1. The second-order valence-corrected chi connectivity index (χ2v) is 5.72. The van der Waals surface area contributed by atoms with Crippen molar-refractivity contribution in [1.82, 2.24) is 10.2 Å². The molecule has 2 amide bonds. The third-order valence-corrected chi connectivity index (χ3v) is 3.36. The van der Waals surface area contributed by atoms with E-state index < -0.39 is 5.54 Å². The number of hydrogen-bond donors (Lipinski definition) is 2. The van der Waals surface area contributed by atoms with Crippen LogP contribution in [-0.2, 0) is 9.59 Å². The van der Waals surface area contributed by atoms with Gasteiger partial charge in [0.25, 0.3) is 0 Å². The monoisotopic (exact) mass is 255 g/mol. The molecule has 0 spiro atoms. The van der Waals surface area contributed by atoms with E-state index in [9.17, 15) is 9.59 Å². The summed E-state index contributed by atoms with van der Waals surface area (Å²) in [5.41, 5.74) is 5.34. The summed E-state index contributed by atoms with van der Waals surface area (Å²) in [6.45, 7) is 4.78. The molecule has 1 saturated carbocycles. The van der Waals surface area contributed by atoms with Crippen LogP contribution in [0.1, 0.15) is 39.5 Å². The average molecular weight is 255 g/mol. The molecule has 1 aliphatic carbocycles. The second-order valence-electron chi connectivity index (χ2n) is 5.72. The Morgan fingerprint density at radius 3 is 2.39 bits per heavy atom. The third kappa shape index (κ3) is 3.98. The van der Waals surface area contributed by atoms with Crippen molar-refractivity contribution in [2.24, 2.45) is 11.7 Å². The van der Waals surface area contributed by atoms with Crippen LogP contribution in [0.25, 0.3) is 0 Å². The molecule has 1 fully saturated rings. The molecule has 0 radical (unpaired) electrons. The molecule has 0 saturated heterocycles. The van der Waals surface area contributed by atoms with Crippen molar-refractivity contribution in [3.63, 3.8) is 0 Å². The van der Waals surface area contributed by atoms with Crippen molar-refractivity contribution in [2.75, 3.05) is 20.1 Å². The van der Waals surface area contributed by atoms with Gasteiger partial charge in [0.05, 0.1) is 12.1 Å². The normalized spacial score (nSPS) is 17.8. The fourth-order valence-corrected chi connectivity index (χ4v) is 2.26. The van der Waals surface area contributed by atoms with Crippen molar-refractivity contribution in [3.8, 4) is 0 Å². The molecule has 18 heavy (non-hydrogen) atoms. The van der Waals surface area contributed by atoms with Gasteiger partial charge in [0, 0.05) is 13.6 Å². The van der Waals surface area contributed by atoms with Gasteiger partial charge in [-0.2, -0.15) is 0 Å². The highest BCUT2D eigenvalue weighted by atomic mass is 16.2. The molecule has 0 atom stereocenters. The summed E-state index contributed by atoms with van der Waals surface area (Å²) in [5, 5.41) is 2.80. The van der Waals surface area contributed by atoms with E-state index in [0.717, 1.165) is 25.7 Å². The molecule has 0 bridgehead atoms. The Morgan fingerprint density at radius 2 is 1.89 bits per heavy atom. The average Bonchev–Trinajstić information content (AvgIpc) is 2.73. The van der Waals surface area contributed by atoms with Crippen molar-refractivity contribution < 1.29 is 9.59 Å². The van der Waals surface area contributed by atoms with Gasteiger partial charge < -0.3 is 16.0 Å². The van der Waals surface area contributed by atoms with Gasteiger partial charge in [-0.1, -0.05) is 26.7 Å². The van der Waals surface area contributed by atoms with Crippen LogP contribution >= 0.6 is 0 Å². The number of amides is 2. The van der Waals surface area contributed by atoms with Crippen LogP contribution in [0.2, 0.25) is 0 Å². The van der Waals surface area contributed by atoms with E-state index in [4.69, 9.17) is 5.73 Å². The lowest BCUT2D eigenvalue weighted by atomic mass is 9.97. The van der Waals surface area contributed by atoms with Crippen LogP contribution < -0.4 is 11.1 Å². The number of hydrogen-bond acceptors (Lipinski definition) is 3. The van der Waals surface area contributed by atoms with Gasteiger partial charge in [-0.25, -0.2) is 0 Å². The molecule has 0 aromatic heterocycles. The number of carbonyl (C=O) groups is 2. The van der Waals surface area contributed by atoms with Gasteiger partial charge in [-0.05, 0) is 18.8 Å². The number of nitrogens with two attached hydrogens (primary N) is 1. The SMILES string of the molecule is CC(C)CNC(=O)CN(C)C(=O)C1(N)CCCC1. The summed E-state index contributed by atoms with van der Waals surface area (Å²) in [7, 11) is 1.64. The van der Waals surface area contributed by atoms with Crippen LogP contribution in [0.3, 0.4) is 0 Å². The summed E-state index contributed by atoms with van der Waals surface area (Å²) >= 11 is 0. The van der Waals surface area contributed by atoms with E-state index in [1.165, 1.54) is 4.90 Å². The van der Waals surface area contributed by atoms with Gasteiger partial charge in [0.1, 0.15) is 0 Å². The van der Waals surface area contributed by atoms with Gasteiger partial charge in [0.15, 0.2) is 0 Å². The number of rotatable bonds is 5. The first-order valence-electron chi connectivity index (χ1n) is 6.66. The highest BCUT2D eigenvalue weighted by molar-refractivity contribution is 5.90. The summed E-state index contributed by atoms with van der Waals surface area (Å²) in [4.78, 5) is 25.2. The first kappa shape index (κ1) is 15.0. The minimum atomic E-state index is -0.743. The van der Waals surface area contributed by atoms with E-state index in [1.54, 1.807) is 7.05 Å². The van der Waals surface area contributed by atoms with Crippen molar-refractivity contribution >= 4 is 11.8 Å². The molecule has 1 aliphatic rings. The van der Waals surface area contributed by atoms with E-state index in [2.05, 4.69) is 5.32 Å². The third-order valence-electron chi connectivity index (χ3n) is 3.36. The van der Waals surface area contributed by atoms with Crippen LogP contribution in [0, 0.1) is 5.92 Å². The Balaban J connectivity index is 2.42. The summed E-state index contributed by atoms with van der Waals surface area (Å²) in [5.74, 6) is 0.173. The van der Waals surface area contributed by atoms with Crippen LogP contribution in [0.15, 0.2) is 0 Å². The zero-order valence-corrected chi connectivity index (χ0v) is 11.7. The van der Waals surface area contributed by atoms with E-state index in [0.29, 0.717) is 12.5 Å². The molecule has 5 heteroatoms. The summed E-state index contributed by atoms with van der Waals surface area (Å²) in [6, 6.07) is 0. The first-order valence-corrected chi connectivity index (χ1v) is 6.66. The highest BCUT2D eigenvalue weighted by Gasteiger charge is 2.39. The maximum atomic E-state index is 12.2. The standard InChI is InChI=1S/C13H25N3O2/c1-10(2)8-15-11(17)9-16(3)12(18)13(14)6-4-5-7-13/h10H,4-9,14H2,1-3H3,(H,15,17). The summed E-state index contributed by atoms with van der Waals surface area (Å²) in [6.07, 6.45) is 3.44. The van der Waals surface area contributed by atoms with E-state index >= 15 is 0 Å². The van der Waals surface area contributed by atoms with E-state index in [1.807, 2.05) is 13.8 Å². The number of nitrogens with one attached hydrogen (secondary N) is 1. The Kier molecular flexibility index (Phi) is 5.14. The minimum Gasteiger partial charge on any atom is -0.354 e. The van der Waals surface area contributed by atoms with Gasteiger partial charge in [0.2, 0.25) is 11.8 Å². The maximum absolute atomic E-state index is 12.2. The van der Waals surface area contributed by atoms with Crippen LogP contribution in [-0.4, -0.2) is 42.4 Å². The molecule has 0 unspecified atom stereocenters. The lowest BCUT2D eigenvalue weighted by Gasteiger charge is -2.28. The molecule has 3 N–H and O–H groups in total. The fraction of sp³-hybridized carbons (Fsp3) is 0.846. The zero-order valence-electron chi connectivity index (χ0n) is 11.7. The molecule has 5 nitrogen and oxygen atoms in total. The predicted molar refractivity (Wildman–Crippen MR) is 70.9 cm³/mol. The van der Waals surface area contributed by atoms with Gasteiger partial charge in [-0.3, -0.25) is 9.59 Å². The first-order chi connectivity index (χ1) is 8.35. The number of nitrogens with zero attached hydrogens (tertiary/aromatic N) is 1. The topological polar surface area (TPSA) is 75.4 Å². The largest absolute Gasteiger partial charge is 0.354 e. The lowest BCUT2D eigenvalue weighted by molar-refractivity contribution is -0.139. The molecule has 1 rings (SSSR count). The molecular formula is C13H25N3O2. The summed E-state index contributed by atoms with van der Waals surface area (Å²) < 4.78 is 0. The Labute approximate surface area is 109 Å². The van der Waals surface area contributed by atoms with Crippen molar-refractivity contribution in [3.05, 3.63) is 0 Å². The Bertz CT molecular complexity index is 309. The second kappa shape index (κ2) is 6.18. The molecule has 0 heterocycles. The van der Waals surface area contributed by atoms with Crippen LogP contribution in [0.4, 0.5) is 0 Å². The van der Waals surface area contributed by atoms with Crippen LogP contribution in [0.5, 0.6) is 0 Å². The van der Waals surface area contributed by atoms with Gasteiger partial charge >= 0.3 is 0 Å². The molecule has 104 valence electrons. The maximum Gasteiger partial charge on any atom is 0.242 e. The smallest absolute Gasteiger partial charge is 0.242 e. The van der Waals surface area contributed by atoms with Crippen molar-refractivity contribution in [2.45, 2.75) is 45.1 Å². The van der Waals surface area contributed by atoms with Gasteiger partial charge in [-0.15, -0.1) is 0 Å². The lowest BCUT2D eigenvalue weighted by Crippen LogP contribution is -2.54. The molecule has 0 aliphatic heterocycles. The molecule has 0 aromatic carbocycles. The zero-order chi connectivity index (χ0) is 13.8. The number of carbonyl (C=O) groups excluding carboxylic acids is 2. The highest BCUT2D eigenvalue weighted by Crippen LogP contribution is 2.28. The van der Waals surface area contributed by atoms with E-state index in [-0.39, 0.29) is 18.4 Å². The fourth-order valence-electron chi connectivity index (χ4n) is 2.26. The molecule has 0 aromatic rings. The Hall–Kier alpha value is -1.10. The molecular weight excluding hydrogens is 230 g/mol. The predicted octanol–water partition coefficient (Wildman–Crippen LogP) is 0.489. The Morgan fingerprint density at radius 1 is 1.33 bits per heavy atom. The van der Waals surface area contributed by atoms with Crippen molar-refractivity contribution in [1.29, 1.82) is 0 Å². The minimum absolute atomic E-state index is 0.0878.